The lowest BCUT2D eigenvalue weighted by molar-refractivity contribution is 0.0999. The zero-order valence-electron chi connectivity index (χ0n) is 17.7. The van der Waals surface area contributed by atoms with Crippen LogP contribution in [-0.4, -0.2) is 35.9 Å². The van der Waals surface area contributed by atoms with Gasteiger partial charge < -0.3 is 20.4 Å². The number of benzene rings is 1. The standard InChI is InChI=1S/C23H16F2I2N4O4/c24-14-7-15-17(18(26)12(14)3-5-32)16(13-2-1-4-29-23(13)35)19(21(27)33)31(15)9-11-6-10(22(28)34)8-30-20(11)25/h1-2,4,6-8,32H,3,5,9H2,(H2,28,34)(H,29,35). The van der Waals surface area contributed by atoms with E-state index in [1.54, 1.807) is 28.7 Å². The van der Waals surface area contributed by atoms with Crippen molar-refractivity contribution in [1.82, 2.24) is 14.5 Å². The summed E-state index contributed by atoms with van der Waals surface area (Å²) in [6.45, 7) is -0.602. The summed E-state index contributed by atoms with van der Waals surface area (Å²) < 4.78 is 31.1. The van der Waals surface area contributed by atoms with Crippen molar-refractivity contribution < 1.29 is 23.5 Å². The molecule has 3 heterocycles. The van der Waals surface area contributed by atoms with Gasteiger partial charge in [-0.15, -0.1) is 0 Å². The molecule has 0 bridgehead atoms. The molecular formula is C23H16F2I2N4O4. The zero-order chi connectivity index (χ0) is 25.4. The minimum Gasteiger partial charge on any atom is -0.396 e. The predicted octanol–water partition coefficient (Wildman–Crippen LogP) is 3.53. The van der Waals surface area contributed by atoms with E-state index in [9.17, 15) is 23.9 Å². The van der Waals surface area contributed by atoms with E-state index >= 15 is 4.39 Å². The second kappa shape index (κ2) is 10.1. The van der Waals surface area contributed by atoms with E-state index in [0.717, 1.165) is 6.20 Å². The number of nitrogens with one attached hydrogen (secondary N) is 1. The Hall–Kier alpha value is -2.72. The number of halogens is 4. The topological polar surface area (TPSA) is 131 Å². The minimum absolute atomic E-state index is 0.0164. The quantitative estimate of drug-likeness (QED) is 0.154. The Morgan fingerprint density at radius 3 is 2.63 bits per heavy atom. The Kier molecular flexibility index (Phi) is 7.32. The molecule has 0 spiro atoms. The predicted molar refractivity (Wildman–Crippen MR) is 142 cm³/mol. The van der Waals surface area contributed by atoms with Gasteiger partial charge in [0.15, 0.2) is 0 Å². The molecule has 12 heteroatoms. The van der Waals surface area contributed by atoms with Gasteiger partial charge in [0.1, 0.15) is 11.5 Å². The molecule has 0 saturated heterocycles. The Bertz CT molecular complexity index is 1570. The number of carbonyl (C=O) groups excluding carboxylic acids is 2. The lowest BCUT2D eigenvalue weighted by atomic mass is 10.0. The van der Waals surface area contributed by atoms with Gasteiger partial charge in [-0.1, -0.05) is 0 Å². The van der Waals surface area contributed by atoms with Crippen LogP contribution in [0.1, 0.15) is 32.0 Å². The van der Waals surface area contributed by atoms with Crippen LogP contribution in [0.5, 0.6) is 0 Å². The number of rotatable bonds is 7. The van der Waals surface area contributed by atoms with E-state index in [1.807, 2.05) is 22.6 Å². The zero-order valence-corrected chi connectivity index (χ0v) is 22.1. The van der Waals surface area contributed by atoms with Gasteiger partial charge in [0.2, 0.25) is 15.6 Å². The maximum absolute atomic E-state index is 15.1. The van der Waals surface area contributed by atoms with E-state index < -0.39 is 27.0 Å². The van der Waals surface area contributed by atoms with E-state index in [-0.39, 0.29) is 58.6 Å². The van der Waals surface area contributed by atoms with Crippen molar-refractivity contribution in [2.75, 3.05) is 6.61 Å². The molecule has 0 fully saturated rings. The van der Waals surface area contributed by atoms with Crippen molar-refractivity contribution in [1.29, 1.82) is 0 Å². The van der Waals surface area contributed by atoms with Gasteiger partial charge in [-0.05, 0) is 53.3 Å². The summed E-state index contributed by atoms with van der Waals surface area (Å²) in [5.74, 6) is -2.33. The maximum atomic E-state index is 15.1. The summed E-state index contributed by atoms with van der Waals surface area (Å²) in [5.41, 5.74) is 5.66. The largest absolute Gasteiger partial charge is 0.396 e. The molecule has 0 aliphatic heterocycles. The van der Waals surface area contributed by atoms with Crippen LogP contribution in [0.15, 0.2) is 41.5 Å². The smallest absolute Gasteiger partial charge is 0.255 e. The molecule has 4 aromatic rings. The molecule has 8 nitrogen and oxygen atoms in total. The first-order valence-electron chi connectivity index (χ1n) is 10.1. The van der Waals surface area contributed by atoms with Crippen molar-refractivity contribution in [3.63, 3.8) is 0 Å². The van der Waals surface area contributed by atoms with Crippen LogP contribution in [0.3, 0.4) is 0 Å². The fourth-order valence-corrected chi connectivity index (χ4v) is 5.61. The Balaban J connectivity index is 2.14. The average Bonchev–Trinajstić information content (AvgIpc) is 3.12. The summed E-state index contributed by atoms with van der Waals surface area (Å²) in [4.78, 5) is 43.4. The highest BCUT2D eigenvalue weighted by molar-refractivity contribution is 14.1. The molecular weight excluding hydrogens is 688 g/mol. The number of aromatic amines is 1. The number of aliphatic hydroxyl groups excluding tert-OH is 1. The van der Waals surface area contributed by atoms with Crippen LogP contribution in [0.2, 0.25) is 0 Å². The number of aromatic nitrogens is 3. The fraction of sp³-hybridized carbons (Fsp3) is 0.130. The number of amides is 1. The number of hydrogen-bond acceptors (Lipinski definition) is 5. The molecule has 0 aliphatic rings. The summed E-state index contributed by atoms with van der Waals surface area (Å²) in [6, 6.07) is 5.53. The van der Waals surface area contributed by atoms with Gasteiger partial charge in [-0.3, -0.25) is 14.4 Å². The third-order valence-corrected chi connectivity index (χ3v) is 7.20. The molecule has 180 valence electrons. The SMILES string of the molecule is NC(=O)c1cnc(F)c(Cn2c(C(=O)I)c(-c3ccc[nH]c3=O)c3c(I)c(CCO)c(F)cc32)c1. The number of nitrogens with two attached hydrogens (primary N) is 1. The van der Waals surface area contributed by atoms with Crippen LogP contribution in [0.4, 0.5) is 8.78 Å². The average molecular weight is 704 g/mol. The Morgan fingerprint density at radius 1 is 1.26 bits per heavy atom. The molecule has 0 unspecified atom stereocenters. The molecule has 4 N–H and O–H groups in total. The van der Waals surface area contributed by atoms with Crippen molar-refractivity contribution >= 4 is 65.8 Å². The van der Waals surface area contributed by atoms with Gasteiger partial charge in [-0.25, -0.2) is 9.37 Å². The summed E-state index contributed by atoms with van der Waals surface area (Å²) in [5, 5.41) is 9.85. The molecule has 1 amide bonds. The van der Waals surface area contributed by atoms with Gasteiger partial charge >= 0.3 is 0 Å². The van der Waals surface area contributed by atoms with Gasteiger partial charge in [-0.2, -0.15) is 4.39 Å². The first-order valence-corrected chi connectivity index (χ1v) is 12.3. The second-order valence-corrected chi connectivity index (χ2v) is 9.61. The minimum atomic E-state index is -0.894. The molecule has 0 saturated carbocycles. The third-order valence-electron chi connectivity index (χ3n) is 5.50. The van der Waals surface area contributed by atoms with Gasteiger partial charge in [0.05, 0.1) is 17.6 Å². The van der Waals surface area contributed by atoms with Crippen molar-refractivity contribution in [3.05, 3.63) is 84.7 Å². The van der Waals surface area contributed by atoms with E-state index in [2.05, 4.69) is 9.97 Å². The number of primary amides is 1. The van der Waals surface area contributed by atoms with Gasteiger partial charge in [0, 0.05) is 72.8 Å². The molecule has 0 atom stereocenters. The van der Waals surface area contributed by atoms with Crippen LogP contribution < -0.4 is 11.3 Å². The van der Waals surface area contributed by atoms with E-state index in [1.165, 1.54) is 29.0 Å². The van der Waals surface area contributed by atoms with Crippen molar-refractivity contribution in [2.45, 2.75) is 13.0 Å². The molecule has 0 aliphatic carbocycles. The first-order chi connectivity index (χ1) is 16.6. The monoisotopic (exact) mass is 704 g/mol. The summed E-state index contributed by atoms with van der Waals surface area (Å²) in [6.07, 6.45) is 2.45. The molecule has 3 aromatic heterocycles. The first kappa shape index (κ1) is 25.4. The number of H-pyrrole nitrogens is 1. The second-order valence-electron chi connectivity index (χ2n) is 7.55. The number of carbonyl (C=O) groups is 2. The number of aliphatic hydroxyl groups is 1. The lowest BCUT2D eigenvalue weighted by Crippen LogP contribution is -2.15. The summed E-state index contributed by atoms with van der Waals surface area (Å²) in [7, 11) is 0. The highest BCUT2D eigenvalue weighted by Gasteiger charge is 2.28. The molecule has 4 rings (SSSR count). The van der Waals surface area contributed by atoms with Crippen LogP contribution in [0, 0.1) is 15.3 Å². The molecule has 35 heavy (non-hydrogen) atoms. The van der Waals surface area contributed by atoms with E-state index in [4.69, 9.17) is 5.73 Å². The van der Waals surface area contributed by atoms with Crippen molar-refractivity contribution in [2.24, 2.45) is 5.73 Å². The van der Waals surface area contributed by atoms with E-state index in [0.29, 0.717) is 8.96 Å². The molecule has 1 aromatic carbocycles. The highest BCUT2D eigenvalue weighted by atomic mass is 127. The normalized spacial score (nSPS) is 11.2. The highest BCUT2D eigenvalue weighted by Crippen LogP contribution is 2.40. The number of nitrogens with zero attached hydrogens (tertiary/aromatic N) is 2. The number of pyridine rings is 2. The van der Waals surface area contributed by atoms with Crippen LogP contribution >= 0.6 is 45.2 Å². The fourth-order valence-electron chi connectivity index (χ4n) is 3.97. The number of hydrogen-bond donors (Lipinski definition) is 3. The lowest BCUT2D eigenvalue weighted by Gasteiger charge is -2.12. The maximum Gasteiger partial charge on any atom is 0.255 e. The van der Waals surface area contributed by atoms with Gasteiger partial charge in [0.25, 0.3) is 5.56 Å². The number of fused-ring (bicyclic) bond motifs is 1. The summed E-state index contributed by atoms with van der Waals surface area (Å²) >= 11 is 3.47. The van der Waals surface area contributed by atoms with Crippen LogP contribution in [-0.2, 0) is 13.0 Å². The van der Waals surface area contributed by atoms with Crippen LogP contribution in [0.25, 0.3) is 22.0 Å². The Morgan fingerprint density at radius 2 is 2.00 bits per heavy atom. The van der Waals surface area contributed by atoms with Crippen molar-refractivity contribution in [3.8, 4) is 11.1 Å². The molecule has 0 radical (unpaired) electrons. The Labute approximate surface area is 223 Å². The third kappa shape index (κ3) is 4.61.